The molecule has 4 nitrogen and oxygen atoms in total. The molecule has 0 radical (unpaired) electrons. The molecule has 22 heavy (non-hydrogen) atoms. The number of nitrogens with zero attached hydrogens (tertiary/aromatic N) is 2. The molecule has 118 valence electrons. The molecular weight excluding hydrogens is 298 g/mol. The van der Waals surface area contributed by atoms with Gasteiger partial charge in [0, 0.05) is 0 Å². The van der Waals surface area contributed by atoms with Crippen molar-refractivity contribution in [2.75, 3.05) is 0 Å². The Balaban J connectivity index is 2.06. The minimum absolute atomic E-state index is 0.0144. The Morgan fingerprint density at radius 2 is 1.91 bits per heavy atom. The molecule has 1 aromatic heterocycles. The number of nitrogens with one attached hydrogen (secondary N) is 1. The van der Waals surface area contributed by atoms with Crippen LogP contribution in [0.15, 0.2) is 24.3 Å². The van der Waals surface area contributed by atoms with Crippen LogP contribution in [0.1, 0.15) is 41.9 Å². The van der Waals surface area contributed by atoms with E-state index < -0.39 is 0 Å². The largest absolute Gasteiger partial charge is 0.348 e. The Bertz CT molecular complexity index is 661. The molecule has 0 bridgehead atoms. The fraction of sp³-hybridized carbons (Fsp3) is 0.412. The van der Waals surface area contributed by atoms with E-state index in [1.165, 1.54) is 5.56 Å². The van der Waals surface area contributed by atoms with Crippen molar-refractivity contribution in [1.82, 2.24) is 15.1 Å². The number of benzene rings is 1. The summed E-state index contributed by atoms with van der Waals surface area (Å²) in [5.41, 5.74) is 3.89. The van der Waals surface area contributed by atoms with E-state index in [4.69, 9.17) is 11.6 Å². The number of hydrogen-bond donors (Lipinski definition) is 1. The molecular formula is C17H22ClN3O. The summed E-state index contributed by atoms with van der Waals surface area (Å²) in [6.45, 7) is 8.00. The van der Waals surface area contributed by atoms with Gasteiger partial charge in [0.05, 0.1) is 22.5 Å². The SMILES string of the molecule is CCC(NC(=O)Cn1nc(C)c(Cl)c1C)c1ccc(C)cc1. The van der Waals surface area contributed by atoms with E-state index in [2.05, 4.69) is 48.5 Å². The second-order valence-electron chi connectivity index (χ2n) is 5.58. The first-order valence-corrected chi connectivity index (χ1v) is 7.85. The molecule has 5 heteroatoms. The number of aromatic nitrogens is 2. The lowest BCUT2D eigenvalue weighted by Crippen LogP contribution is -2.31. The molecule has 1 heterocycles. The summed E-state index contributed by atoms with van der Waals surface area (Å²) in [6, 6.07) is 8.25. The standard InChI is InChI=1S/C17H22ClN3O/c1-5-15(14-8-6-11(2)7-9-14)19-16(22)10-21-13(4)17(18)12(3)20-21/h6-9,15H,5,10H2,1-4H3,(H,19,22). The lowest BCUT2D eigenvalue weighted by Gasteiger charge is -2.18. The number of carbonyl (C=O) groups is 1. The molecule has 0 saturated heterocycles. The summed E-state index contributed by atoms with van der Waals surface area (Å²) in [4.78, 5) is 12.3. The van der Waals surface area contributed by atoms with Crippen LogP contribution in [-0.2, 0) is 11.3 Å². The van der Waals surface area contributed by atoms with E-state index in [9.17, 15) is 4.79 Å². The number of rotatable bonds is 5. The summed E-state index contributed by atoms with van der Waals surface area (Å²) in [7, 11) is 0. The van der Waals surface area contributed by atoms with Crippen LogP contribution in [0.25, 0.3) is 0 Å². The third-order valence-corrected chi connectivity index (χ3v) is 4.36. The van der Waals surface area contributed by atoms with Gasteiger partial charge in [0.1, 0.15) is 6.54 Å². The smallest absolute Gasteiger partial charge is 0.242 e. The second-order valence-corrected chi connectivity index (χ2v) is 5.96. The van der Waals surface area contributed by atoms with Crippen molar-refractivity contribution in [3.63, 3.8) is 0 Å². The third kappa shape index (κ3) is 3.69. The molecule has 0 saturated carbocycles. The van der Waals surface area contributed by atoms with E-state index >= 15 is 0 Å². The predicted molar refractivity (Wildman–Crippen MR) is 89.1 cm³/mol. The molecule has 2 rings (SSSR count). The Labute approximate surface area is 136 Å². The summed E-state index contributed by atoms with van der Waals surface area (Å²) >= 11 is 6.11. The number of carbonyl (C=O) groups excluding carboxylic acids is 1. The van der Waals surface area contributed by atoms with Crippen molar-refractivity contribution in [2.24, 2.45) is 0 Å². The molecule has 0 fully saturated rings. The summed E-state index contributed by atoms with van der Waals surface area (Å²) in [5, 5.41) is 7.98. The number of halogens is 1. The summed E-state index contributed by atoms with van der Waals surface area (Å²) in [5.74, 6) is -0.0605. The van der Waals surface area contributed by atoms with Gasteiger partial charge in [0.15, 0.2) is 0 Å². The normalized spacial score (nSPS) is 12.2. The highest BCUT2D eigenvalue weighted by Crippen LogP contribution is 2.20. The maximum atomic E-state index is 12.3. The fourth-order valence-electron chi connectivity index (χ4n) is 2.42. The maximum Gasteiger partial charge on any atom is 0.242 e. The van der Waals surface area contributed by atoms with Gasteiger partial charge in [-0.15, -0.1) is 0 Å². The van der Waals surface area contributed by atoms with Crippen LogP contribution in [0.3, 0.4) is 0 Å². The Kier molecular flexibility index (Phi) is 5.24. The molecule has 0 aliphatic carbocycles. The van der Waals surface area contributed by atoms with E-state index in [1.54, 1.807) is 4.68 Å². The predicted octanol–water partition coefficient (Wildman–Crippen LogP) is 3.73. The van der Waals surface area contributed by atoms with Crippen LogP contribution in [0.5, 0.6) is 0 Å². The number of aryl methyl sites for hydroxylation is 2. The average molecular weight is 320 g/mol. The van der Waals surface area contributed by atoms with Gasteiger partial charge in [-0.1, -0.05) is 48.4 Å². The molecule has 2 aromatic rings. The average Bonchev–Trinajstić information content (AvgIpc) is 2.73. The van der Waals surface area contributed by atoms with Crippen LogP contribution in [-0.4, -0.2) is 15.7 Å². The zero-order chi connectivity index (χ0) is 16.3. The molecule has 1 unspecified atom stereocenters. The Morgan fingerprint density at radius 1 is 1.27 bits per heavy atom. The van der Waals surface area contributed by atoms with E-state index in [0.29, 0.717) is 5.02 Å². The highest BCUT2D eigenvalue weighted by molar-refractivity contribution is 6.31. The zero-order valence-corrected chi connectivity index (χ0v) is 14.2. The molecule has 1 amide bonds. The van der Waals surface area contributed by atoms with Gasteiger partial charge in [0.2, 0.25) is 5.91 Å². The quantitative estimate of drug-likeness (QED) is 0.912. The van der Waals surface area contributed by atoms with E-state index in [1.807, 2.05) is 13.8 Å². The molecule has 1 aromatic carbocycles. The van der Waals surface area contributed by atoms with Gasteiger partial charge >= 0.3 is 0 Å². The number of hydrogen-bond acceptors (Lipinski definition) is 2. The van der Waals surface area contributed by atoms with E-state index in [-0.39, 0.29) is 18.5 Å². The van der Waals surface area contributed by atoms with Crippen molar-refractivity contribution in [1.29, 1.82) is 0 Å². The molecule has 1 atom stereocenters. The molecule has 0 spiro atoms. The zero-order valence-electron chi connectivity index (χ0n) is 13.5. The van der Waals surface area contributed by atoms with Crippen LogP contribution >= 0.6 is 11.6 Å². The Hall–Kier alpha value is -1.81. The number of amides is 1. The lowest BCUT2D eigenvalue weighted by atomic mass is 10.0. The minimum atomic E-state index is -0.0605. The van der Waals surface area contributed by atoms with E-state index in [0.717, 1.165) is 23.4 Å². The molecule has 0 aliphatic heterocycles. The summed E-state index contributed by atoms with van der Waals surface area (Å²) < 4.78 is 1.65. The monoisotopic (exact) mass is 319 g/mol. The highest BCUT2D eigenvalue weighted by atomic mass is 35.5. The second kappa shape index (κ2) is 6.97. The van der Waals surface area contributed by atoms with Crippen LogP contribution < -0.4 is 5.32 Å². The van der Waals surface area contributed by atoms with Gasteiger partial charge in [-0.25, -0.2) is 0 Å². The van der Waals surface area contributed by atoms with Crippen molar-refractivity contribution < 1.29 is 4.79 Å². The van der Waals surface area contributed by atoms with Crippen LogP contribution in [0.4, 0.5) is 0 Å². The third-order valence-electron chi connectivity index (χ3n) is 3.81. The lowest BCUT2D eigenvalue weighted by molar-refractivity contribution is -0.122. The first-order valence-electron chi connectivity index (χ1n) is 7.47. The van der Waals surface area contributed by atoms with Crippen LogP contribution in [0, 0.1) is 20.8 Å². The van der Waals surface area contributed by atoms with Gasteiger partial charge < -0.3 is 5.32 Å². The highest BCUT2D eigenvalue weighted by Gasteiger charge is 2.16. The van der Waals surface area contributed by atoms with Gasteiger partial charge in [-0.2, -0.15) is 5.10 Å². The van der Waals surface area contributed by atoms with Crippen LogP contribution in [0.2, 0.25) is 5.02 Å². The van der Waals surface area contributed by atoms with Crippen molar-refractivity contribution >= 4 is 17.5 Å². The Morgan fingerprint density at radius 3 is 2.41 bits per heavy atom. The minimum Gasteiger partial charge on any atom is -0.348 e. The van der Waals surface area contributed by atoms with Crippen molar-refractivity contribution in [2.45, 2.75) is 46.7 Å². The maximum absolute atomic E-state index is 12.3. The molecule has 1 N–H and O–H groups in total. The summed E-state index contributed by atoms with van der Waals surface area (Å²) in [6.07, 6.45) is 0.840. The fourth-order valence-corrected chi connectivity index (χ4v) is 2.56. The van der Waals surface area contributed by atoms with Crippen molar-refractivity contribution in [3.8, 4) is 0 Å². The van der Waals surface area contributed by atoms with Gasteiger partial charge in [0.25, 0.3) is 0 Å². The first-order chi connectivity index (χ1) is 10.4. The van der Waals surface area contributed by atoms with Crippen molar-refractivity contribution in [3.05, 3.63) is 51.8 Å². The first kappa shape index (κ1) is 16.6. The molecule has 0 aliphatic rings. The van der Waals surface area contributed by atoms with Gasteiger partial charge in [-0.3, -0.25) is 9.48 Å². The van der Waals surface area contributed by atoms with Gasteiger partial charge in [-0.05, 0) is 32.8 Å². The topological polar surface area (TPSA) is 46.9 Å².